The minimum atomic E-state index is -0.896. The third kappa shape index (κ3) is 10.2. The Hall–Kier alpha value is -5.41. The number of ether oxygens (including phenoxy) is 3. The number of carbonyl (C=O) groups excluding carboxylic acids is 3. The van der Waals surface area contributed by atoms with Gasteiger partial charge in [-0.15, -0.1) is 0 Å². The fourth-order valence-electron chi connectivity index (χ4n) is 3.68. The van der Waals surface area contributed by atoms with Gasteiger partial charge in [0.25, 0.3) is 11.4 Å². The number of nitrogens with one attached hydrogen (secondary N) is 2. The number of nitrogens with zero attached hydrogens (tertiary/aromatic N) is 2. The van der Waals surface area contributed by atoms with Gasteiger partial charge in [0.15, 0.2) is 11.4 Å². The van der Waals surface area contributed by atoms with Crippen molar-refractivity contribution < 1.29 is 38.4 Å². The lowest BCUT2D eigenvalue weighted by Gasteiger charge is -2.19. The quantitative estimate of drug-likeness (QED) is 0.0711. The molecule has 0 radical (unpaired) electrons. The topological polar surface area (TPSA) is 241 Å². The Bertz CT molecular complexity index is 1420. The van der Waals surface area contributed by atoms with Crippen molar-refractivity contribution in [1.82, 2.24) is 0 Å². The number of nitro benzene ring substituents is 2. The standard InChI is InChI=1S/C27H34N6O10/c1-27(2,3)43-22(34)8-7-11-42-21-15-17(26(29)36)13-19(33(39)40)24(21)31-10-6-5-9-30-23-18(32(37)38)12-16(25(28)35)14-20(23)41-4/h5-6,12-15,30-31H,7-11H2,1-4H3,(H2,28,35)(H2,29,36)/b6-5+. The highest BCUT2D eigenvalue weighted by Gasteiger charge is 2.24. The number of benzene rings is 2. The van der Waals surface area contributed by atoms with Crippen LogP contribution in [0.4, 0.5) is 22.7 Å². The molecular weight excluding hydrogens is 568 g/mol. The van der Waals surface area contributed by atoms with Crippen LogP contribution in [-0.4, -0.2) is 60.0 Å². The van der Waals surface area contributed by atoms with Gasteiger partial charge in [0.2, 0.25) is 11.8 Å². The van der Waals surface area contributed by atoms with Crippen molar-refractivity contribution in [1.29, 1.82) is 0 Å². The number of primary amides is 2. The molecule has 16 heteroatoms. The molecule has 0 saturated carbocycles. The van der Waals surface area contributed by atoms with Crippen LogP contribution in [0.25, 0.3) is 0 Å². The highest BCUT2D eigenvalue weighted by atomic mass is 16.6. The first-order valence-corrected chi connectivity index (χ1v) is 12.9. The van der Waals surface area contributed by atoms with Crippen molar-refractivity contribution >= 4 is 40.5 Å². The molecule has 16 nitrogen and oxygen atoms in total. The number of hydrogen-bond acceptors (Lipinski definition) is 12. The molecule has 2 aromatic rings. The van der Waals surface area contributed by atoms with Crippen molar-refractivity contribution in [3.05, 3.63) is 67.8 Å². The summed E-state index contributed by atoms with van der Waals surface area (Å²) in [4.78, 5) is 57.2. The predicted octanol–water partition coefficient (Wildman–Crippen LogP) is 3.29. The second kappa shape index (κ2) is 15.0. The third-order valence-corrected chi connectivity index (χ3v) is 5.51. The Balaban J connectivity index is 2.16. The Morgan fingerprint density at radius 2 is 1.33 bits per heavy atom. The van der Waals surface area contributed by atoms with E-state index in [1.807, 2.05) is 0 Å². The molecule has 0 aliphatic heterocycles. The fraction of sp³-hybridized carbons (Fsp3) is 0.370. The lowest BCUT2D eigenvalue weighted by molar-refractivity contribution is -0.384. The van der Waals surface area contributed by atoms with Gasteiger partial charge in [-0.2, -0.15) is 0 Å². The van der Waals surface area contributed by atoms with Gasteiger partial charge in [0, 0.05) is 42.8 Å². The molecule has 0 aliphatic carbocycles. The van der Waals surface area contributed by atoms with Crippen LogP contribution in [0.5, 0.6) is 11.5 Å². The van der Waals surface area contributed by atoms with E-state index in [1.165, 1.54) is 19.2 Å². The molecule has 0 bridgehead atoms. The summed E-state index contributed by atoms with van der Waals surface area (Å²) in [5, 5.41) is 29.0. The van der Waals surface area contributed by atoms with Gasteiger partial charge in [0.05, 0.1) is 23.6 Å². The third-order valence-electron chi connectivity index (χ3n) is 5.51. The van der Waals surface area contributed by atoms with Crippen LogP contribution >= 0.6 is 0 Å². The zero-order valence-electron chi connectivity index (χ0n) is 24.1. The molecule has 0 aliphatic rings. The Labute approximate surface area is 246 Å². The molecule has 2 rings (SSSR count). The number of amides is 2. The monoisotopic (exact) mass is 602 g/mol. The number of esters is 1. The van der Waals surface area contributed by atoms with Gasteiger partial charge < -0.3 is 36.3 Å². The molecule has 0 fully saturated rings. The van der Waals surface area contributed by atoms with Gasteiger partial charge in [-0.3, -0.25) is 34.6 Å². The van der Waals surface area contributed by atoms with Crippen molar-refractivity contribution in [2.24, 2.45) is 11.5 Å². The van der Waals surface area contributed by atoms with E-state index in [1.54, 1.807) is 32.9 Å². The lowest BCUT2D eigenvalue weighted by atomic mass is 10.1. The van der Waals surface area contributed by atoms with Gasteiger partial charge in [0.1, 0.15) is 17.1 Å². The van der Waals surface area contributed by atoms with E-state index in [0.29, 0.717) is 0 Å². The summed E-state index contributed by atoms with van der Waals surface area (Å²) in [5.74, 6) is -2.17. The number of methoxy groups -OCH3 is 1. The molecule has 2 amide bonds. The molecule has 0 heterocycles. The summed E-state index contributed by atoms with van der Waals surface area (Å²) in [7, 11) is 1.28. The molecule has 232 valence electrons. The average Bonchev–Trinajstić information content (AvgIpc) is 2.91. The number of carbonyl (C=O) groups is 3. The Kier molecular flexibility index (Phi) is 11.8. The van der Waals surface area contributed by atoms with Crippen LogP contribution in [0.1, 0.15) is 54.3 Å². The van der Waals surface area contributed by atoms with Crippen molar-refractivity contribution in [3.63, 3.8) is 0 Å². The highest BCUT2D eigenvalue weighted by molar-refractivity contribution is 5.96. The van der Waals surface area contributed by atoms with Crippen LogP contribution in [-0.2, 0) is 9.53 Å². The molecule has 0 saturated heterocycles. The Morgan fingerprint density at radius 3 is 1.74 bits per heavy atom. The molecule has 0 aromatic heterocycles. The lowest BCUT2D eigenvalue weighted by Crippen LogP contribution is -2.24. The van der Waals surface area contributed by atoms with Crippen molar-refractivity contribution in [2.75, 3.05) is 37.4 Å². The number of nitro groups is 2. The van der Waals surface area contributed by atoms with Crippen molar-refractivity contribution in [3.8, 4) is 11.5 Å². The number of nitrogens with two attached hydrogens (primary N) is 2. The molecule has 0 unspecified atom stereocenters. The number of rotatable bonds is 16. The Morgan fingerprint density at radius 1 is 0.860 bits per heavy atom. The van der Waals surface area contributed by atoms with Crippen LogP contribution in [0.15, 0.2) is 36.4 Å². The summed E-state index contributed by atoms with van der Waals surface area (Å²) in [6.45, 7) is 5.32. The second-order valence-corrected chi connectivity index (χ2v) is 9.96. The fourth-order valence-corrected chi connectivity index (χ4v) is 3.68. The molecule has 6 N–H and O–H groups in total. The van der Waals surface area contributed by atoms with Crippen LogP contribution in [0, 0.1) is 20.2 Å². The maximum absolute atomic E-state index is 12.0. The normalized spacial score (nSPS) is 11.1. The van der Waals surface area contributed by atoms with Crippen LogP contribution < -0.4 is 31.6 Å². The van der Waals surface area contributed by atoms with Gasteiger partial charge in [-0.25, -0.2) is 0 Å². The van der Waals surface area contributed by atoms with E-state index in [9.17, 15) is 34.6 Å². The summed E-state index contributed by atoms with van der Waals surface area (Å²) in [5.41, 5.74) is 8.82. The summed E-state index contributed by atoms with van der Waals surface area (Å²) in [6, 6.07) is 4.58. The first-order chi connectivity index (χ1) is 20.1. The van der Waals surface area contributed by atoms with E-state index in [4.69, 9.17) is 25.7 Å². The van der Waals surface area contributed by atoms with Crippen LogP contribution in [0.2, 0.25) is 0 Å². The highest BCUT2D eigenvalue weighted by Crippen LogP contribution is 2.37. The van der Waals surface area contributed by atoms with E-state index < -0.39 is 44.6 Å². The largest absolute Gasteiger partial charge is 0.494 e. The minimum Gasteiger partial charge on any atom is -0.494 e. The van der Waals surface area contributed by atoms with Gasteiger partial charge in [-0.1, -0.05) is 12.2 Å². The summed E-state index contributed by atoms with van der Waals surface area (Å²) in [6.07, 6.45) is 3.45. The number of anilines is 2. The zero-order chi connectivity index (χ0) is 32.3. The molecule has 0 spiro atoms. The molecule has 2 aromatic carbocycles. The number of hydrogen-bond donors (Lipinski definition) is 4. The second-order valence-electron chi connectivity index (χ2n) is 9.96. The van der Waals surface area contributed by atoms with E-state index in [-0.39, 0.29) is 66.5 Å². The van der Waals surface area contributed by atoms with Crippen LogP contribution in [0.3, 0.4) is 0 Å². The zero-order valence-corrected chi connectivity index (χ0v) is 24.1. The summed E-state index contributed by atoms with van der Waals surface area (Å²) < 4.78 is 16.1. The first-order valence-electron chi connectivity index (χ1n) is 12.9. The SMILES string of the molecule is COc1cc(C(N)=O)cc([N+](=O)[O-])c1NC/C=C/CNc1c(OCCCC(=O)OC(C)(C)C)cc(C(N)=O)cc1[N+](=O)[O-]. The molecule has 43 heavy (non-hydrogen) atoms. The maximum Gasteiger partial charge on any atom is 0.306 e. The van der Waals surface area contributed by atoms with E-state index in [0.717, 1.165) is 12.1 Å². The van der Waals surface area contributed by atoms with Gasteiger partial charge >= 0.3 is 5.97 Å². The van der Waals surface area contributed by atoms with E-state index >= 15 is 0 Å². The van der Waals surface area contributed by atoms with Crippen molar-refractivity contribution in [2.45, 2.75) is 39.2 Å². The smallest absolute Gasteiger partial charge is 0.306 e. The van der Waals surface area contributed by atoms with E-state index in [2.05, 4.69) is 10.6 Å². The summed E-state index contributed by atoms with van der Waals surface area (Å²) >= 11 is 0. The maximum atomic E-state index is 12.0. The van der Waals surface area contributed by atoms with Gasteiger partial charge in [-0.05, 0) is 39.3 Å². The molecular formula is C27H34N6O10. The minimum absolute atomic E-state index is 0.0117. The predicted molar refractivity (Wildman–Crippen MR) is 156 cm³/mol. The average molecular weight is 603 g/mol. The molecule has 0 atom stereocenters. The first kappa shape index (κ1) is 33.8.